The van der Waals surface area contributed by atoms with Crippen LogP contribution in [0.4, 0.5) is 4.79 Å². The summed E-state index contributed by atoms with van der Waals surface area (Å²) in [6.07, 6.45) is 5.31. The van der Waals surface area contributed by atoms with Gasteiger partial charge < -0.3 is 16.0 Å². The zero-order valence-corrected chi connectivity index (χ0v) is 10.4. The Morgan fingerprint density at radius 2 is 2.24 bits per heavy atom. The zero-order valence-electron chi connectivity index (χ0n) is 10.4. The maximum Gasteiger partial charge on any atom is 0.319 e. The molecule has 17 heavy (non-hydrogen) atoms. The SMILES string of the molecule is CC(C)NC1=NCC(NC(=O)NC2CCC2)=C1. The number of rotatable bonds is 3. The highest BCUT2D eigenvalue weighted by Gasteiger charge is 2.20. The molecule has 0 aromatic rings. The first-order valence-corrected chi connectivity index (χ1v) is 6.22. The van der Waals surface area contributed by atoms with Gasteiger partial charge in [0.15, 0.2) is 0 Å². The van der Waals surface area contributed by atoms with Crippen LogP contribution in [0, 0.1) is 0 Å². The fourth-order valence-corrected chi connectivity index (χ4v) is 1.81. The minimum absolute atomic E-state index is 0.109. The first-order chi connectivity index (χ1) is 8.13. The van der Waals surface area contributed by atoms with Gasteiger partial charge in [0.05, 0.1) is 6.54 Å². The van der Waals surface area contributed by atoms with Crippen molar-refractivity contribution in [1.29, 1.82) is 0 Å². The fourth-order valence-electron chi connectivity index (χ4n) is 1.81. The average Bonchev–Trinajstić information content (AvgIpc) is 2.58. The van der Waals surface area contributed by atoms with Crippen LogP contribution < -0.4 is 16.0 Å². The van der Waals surface area contributed by atoms with E-state index < -0.39 is 0 Å². The number of aliphatic imine (C=N–C) groups is 1. The summed E-state index contributed by atoms with van der Waals surface area (Å²) in [5.41, 5.74) is 0.852. The topological polar surface area (TPSA) is 65.5 Å². The van der Waals surface area contributed by atoms with E-state index in [-0.39, 0.29) is 6.03 Å². The molecule has 2 amide bonds. The summed E-state index contributed by atoms with van der Waals surface area (Å²) < 4.78 is 0. The van der Waals surface area contributed by atoms with Gasteiger partial charge in [-0.25, -0.2) is 4.79 Å². The van der Waals surface area contributed by atoms with Gasteiger partial charge in [0.25, 0.3) is 0 Å². The summed E-state index contributed by atoms with van der Waals surface area (Å²) in [5.74, 6) is 0.846. The number of amidine groups is 1. The molecule has 1 saturated carbocycles. The molecule has 5 heteroatoms. The molecule has 0 saturated heterocycles. The van der Waals surface area contributed by atoms with Crippen LogP contribution in [0.1, 0.15) is 33.1 Å². The second kappa shape index (κ2) is 5.21. The van der Waals surface area contributed by atoms with Gasteiger partial charge >= 0.3 is 6.03 Å². The van der Waals surface area contributed by atoms with E-state index >= 15 is 0 Å². The predicted molar refractivity (Wildman–Crippen MR) is 68.0 cm³/mol. The van der Waals surface area contributed by atoms with E-state index in [4.69, 9.17) is 0 Å². The molecular weight excluding hydrogens is 216 g/mol. The zero-order chi connectivity index (χ0) is 12.3. The summed E-state index contributed by atoms with van der Waals surface area (Å²) >= 11 is 0. The average molecular weight is 236 g/mol. The van der Waals surface area contributed by atoms with E-state index in [1.165, 1.54) is 6.42 Å². The van der Waals surface area contributed by atoms with Gasteiger partial charge in [-0.1, -0.05) is 0 Å². The molecule has 2 rings (SSSR count). The van der Waals surface area contributed by atoms with Gasteiger partial charge in [-0.15, -0.1) is 0 Å². The number of amides is 2. The second-order valence-electron chi connectivity index (χ2n) is 4.90. The molecule has 0 unspecified atom stereocenters. The van der Waals surface area contributed by atoms with Crippen molar-refractivity contribution >= 4 is 11.9 Å². The van der Waals surface area contributed by atoms with Crippen molar-refractivity contribution in [2.45, 2.75) is 45.2 Å². The minimum Gasteiger partial charge on any atom is -0.368 e. The number of nitrogens with one attached hydrogen (secondary N) is 3. The van der Waals surface area contributed by atoms with Crippen molar-refractivity contribution in [2.75, 3.05) is 6.54 Å². The molecule has 1 heterocycles. The third-order valence-electron chi connectivity index (χ3n) is 2.88. The fraction of sp³-hybridized carbons (Fsp3) is 0.667. The van der Waals surface area contributed by atoms with E-state index in [0.29, 0.717) is 18.6 Å². The van der Waals surface area contributed by atoms with Crippen molar-refractivity contribution in [3.63, 3.8) is 0 Å². The smallest absolute Gasteiger partial charge is 0.319 e. The minimum atomic E-state index is -0.109. The Kier molecular flexibility index (Phi) is 3.66. The molecule has 0 spiro atoms. The van der Waals surface area contributed by atoms with Gasteiger partial charge in [-0.3, -0.25) is 4.99 Å². The van der Waals surface area contributed by atoms with Crippen molar-refractivity contribution in [2.24, 2.45) is 4.99 Å². The lowest BCUT2D eigenvalue weighted by Gasteiger charge is -2.26. The monoisotopic (exact) mass is 236 g/mol. The molecule has 1 aliphatic heterocycles. The standard InChI is InChI=1S/C12H20N4O/c1-8(2)14-11-6-10(7-13-11)16-12(17)15-9-4-3-5-9/h6,8-9H,3-5,7H2,1-2H3,(H,13,14)(H2,15,16,17). The van der Waals surface area contributed by atoms with E-state index in [0.717, 1.165) is 24.4 Å². The molecule has 5 nitrogen and oxygen atoms in total. The van der Waals surface area contributed by atoms with Crippen molar-refractivity contribution in [1.82, 2.24) is 16.0 Å². The lowest BCUT2D eigenvalue weighted by atomic mass is 9.93. The maximum absolute atomic E-state index is 11.6. The molecule has 0 bridgehead atoms. The molecule has 0 atom stereocenters. The Morgan fingerprint density at radius 1 is 1.47 bits per heavy atom. The van der Waals surface area contributed by atoms with Gasteiger partial charge in [-0.2, -0.15) is 0 Å². The van der Waals surface area contributed by atoms with Gasteiger partial charge in [0.2, 0.25) is 0 Å². The van der Waals surface area contributed by atoms with Gasteiger partial charge in [0, 0.05) is 23.9 Å². The predicted octanol–water partition coefficient (Wildman–Crippen LogP) is 1.13. The summed E-state index contributed by atoms with van der Waals surface area (Å²) in [7, 11) is 0. The third-order valence-corrected chi connectivity index (χ3v) is 2.88. The molecular formula is C12H20N4O. The van der Waals surface area contributed by atoms with Gasteiger partial charge in [0.1, 0.15) is 5.84 Å². The number of hydrogen-bond donors (Lipinski definition) is 3. The largest absolute Gasteiger partial charge is 0.368 e. The van der Waals surface area contributed by atoms with E-state index in [2.05, 4.69) is 34.8 Å². The Bertz CT molecular complexity index is 356. The number of hydrogen-bond acceptors (Lipinski definition) is 3. The second-order valence-corrected chi connectivity index (χ2v) is 4.90. The molecule has 0 aromatic carbocycles. The summed E-state index contributed by atoms with van der Waals surface area (Å²) in [6.45, 7) is 4.67. The van der Waals surface area contributed by atoms with Crippen molar-refractivity contribution < 1.29 is 4.79 Å². The number of nitrogens with zero attached hydrogens (tertiary/aromatic N) is 1. The molecule has 0 radical (unpaired) electrons. The van der Waals surface area contributed by atoms with Crippen LogP contribution in [0.25, 0.3) is 0 Å². The summed E-state index contributed by atoms with van der Waals surface area (Å²) in [4.78, 5) is 15.9. The van der Waals surface area contributed by atoms with Crippen LogP contribution in [0.15, 0.2) is 16.8 Å². The van der Waals surface area contributed by atoms with Crippen LogP contribution in [-0.2, 0) is 0 Å². The number of carbonyl (C=O) groups is 1. The first kappa shape index (κ1) is 12.0. The van der Waals surface area contributed by atoms with E-state index in [1.807, 2.05) is 6.08 Å². The van der Waals surface area contributed by atoms with Crippen LogP contribution in [0.3, 0.4) is 0 Å². The molecule has 1 fully saturated rings. The normalized spacial score (nSPS) is 19.5. The highest BCUT2D eigenvalue weighted by atomic mass is 16.2. The Morgan fingerprint density at radius 3 is 2.82 bits per heavy atom. The number of urea groups is 1. The highest BCUT2D eigenvalue weighted by Crippen LogP contribution is 2.17. The van der Waals surface area contributed by atoms with E-state index in [1.54, 1.807) is 0 Å². The molecule has 1 aliphatic carbocycles. The Hall–Kier alpha value is -1.52. The summed E-state index contributed by atoms with van der Waals surface area (Å²) in [5, 5.41) is 8.98. The summed E-state index contributed by atoms with van der Waals surface area (Å²) in [6, 6.07) is 0.612. The Labute approximate surface area is 102 Å². The third kappa shape index (κ3) is 3.47. The van der Waals surface area contributed by atoms with Crippen LogP contribution in [0.5, 0.6) is 0 Å². The molecule has 2 aliphatic rings. The lowest BCUT2D eigenvalue weighted by Crippen LogP contribution is -2.45. The quantitative estimate of drug-likeness (QED) is 0.688. The first-order valence-electron chi connectivity index (χ1n) is 6.22. The van der Waals surface area contributed by atoms with Crippen LogP contribution >= 0.6 is 0 Å². The van der Waals surface area contributed by atoms with Gasteiger partial charge in [-0.05, 0) is 33.1 Å². The van der Waals surface area contributed by atoms with Crippen LogP contribution in [-0.4, -0.2) is 30.5 Å². The lowest BCUT2D eigenvalue weighted by molar-refractivity contribution is 0.231. The van der Waals surface area contributed by atoms with Crippen LogP contribution in [0.2, 0.25) is 0 Å². The molecule has 0 aromatic heterocycles. The highest BCUT2D eigenvalue weighted by molar-refractivity contribution is 5.96. The van der Waals surface area contributed by atoms with Crippen molar-refractivity contribution in [3.05, 3.63) is 11.8 Å². The van der Waals surface area contributed by atoms with E-state index in [9.17, 15) is 4.79 Å². The molecule has 94 valence electrons. The Balaban J connectivity index is 1.74. The number of carbonyl (C=O) groups excluding carboxylic acids is 1. The molecule has 3 N–H and O–H groups in total. The maximum atomic E-state index is 11.6. The van der Waals surface area contributed by atoms with Crippen molar-refractivity contribution in [3.8, 4) is 0 Å².